The van der Waals surface area contributed by atoms with E-state index in [1.54, 1.807) is 0 Å². The van der Waals surface area contributed by atoms with Gasteiger partial charge in [-0.1, -0.05) is 30.7 Å². The van der Waals surface area contributed by atoms with Crippen LogP contribution in [0.5, 0.6) is 0 Å². The fraction of sp³-hybridized carbons (Fsp3) is 0.600. The van der Waals surface area contributed by atoms with E-state index in [0.717, 1.165) is 25.0 Å². The standard InChI is InChI=1S/C15H22O2/c1-4-14-13(7-8-17-14)15(16)12-6-5-10(2)9-11(12)3/h5-6,9,13-16H,4,7-8H2,1-3H3. The monoisotopic (exact) mass is 234 g/mol. The summed E-state index contributed by atoms with van der Waals surface area (Å²) in [5, 5.41) is 10.5. The molecule has 1 N–H and O–H groups in total. The van der Waals surface area contributed by atoms with Crippen LogP contribution < -0.4 is 0 Å². The summed E-state index contributed by atoms with van der Waals surface area (Å²) in [5.41, 5.74) is 3.48. The molecule has 0 aliphatic carbocycles. The maximum absolute atomic E-state index is 10.5. The van der Waals surface area contributed by atoms with Crippen LogP contribution in [0.3, 0.4) is 0 Å². The molecule has 0 bridgehead atoms. The van der Waals surface area contributed by atoms with Gasteiger partial charge in [-0.05, 0) is 37.8 Å². The van der Waals surface area contributed by atoms with Gasteiger partial charge in [0.25, 0.3) is 0 Å². The molecule has 0 spiro atoms. The summed E-state index contributed by atoms with van der Waals surface area (Å²) in [4.78, 5) is 0. The molecule has 1 saturated heterocycles. The minimum absolute atomic E-state index is 0.214. The number of hydrogen-bond acceptors (Lipinski definition) is 2. The van der Waals surface area contributed by atoms with Crippen molar-refractivity contribution in [2.24, 2.45) is 5.92 Å². The average Bonchev–Trinajstić information content (AvgIpc) is 2.76. The Hall–Kier alpha value is -0.860. The summed E-state index contributed by atoms with van der Waals surface area (Å²) in [6, 6.07) is 6.26. The average molecular weight is 234 g/mol. The molecule has 2 nitrogen and oxygen atoms in total. The second-order valence-corrected chi connectivity index (χ2v) is 5.07. The molecule has 1 aliphatic rings. The molecule has 2 rings (SSSR count). The van der Waals surface area contributed by atoms with Crippen LogP contribution in [0, 0.1) is 19.8 Å². The van der Waals surface area contributed by atoms with Gasteiger partial charge in [-0.25, -0.2) is 0 Å². The summed E-state index contributed by atoms with van der Waals surface area (Å²) in [7, 11) is 0. The van der Waals surface area contributed by atoms with Gasteiger partial charge in [0, 0.05) is 12.5 Å². The zero-order chi connectivity index (χ0) is 12.4. The molecule has 1 aliphatic heterocycles. The smallest absolute Gasteiger partial charge is 0.0846 e. The Kier molecular flexibility index (Phi) is 3.85. The predicted molar refractivity (Wildman–Crippen MR) is 69.0 cm³/mol. The first-order valence-electron chi connectivity index (χ1n) is 6.50. The zero-order valence-electron chi connectivity index (χ0n) is 10.9. The second kappa shape index (κ2) is 5.19. The minimum Gasteiger partial charge on any atom is -0.388 e. The van der Waals surface area contributed by atoms with Crippen molar-refractivity contribution < 1.29 is 9.84 Å². The molecule has 94 valence electrons. The van der Waals surface area contributed by atoms with Crippen molar-refractivity contribution in [1.29, 1.82) is 0 Å². The van der Waals surface area contributed by atoms with E-state index in [-0.39, 0.29) is 18.1 Å². The van der Waals surface area contributed by atoms with E-state index in [1.165, 1.54) is 11.1 Å². The molecule has 3 unspecified atom stereocenters. The number of aliphatic hydroxyl groups excluding tert-OH is 1. The molecule has 1 fully saturated rings. The first-order chi connectivity index (χ1) is 8.13. The lowest BCUT2D eigenvalue weighted by Crippen LogP contribution is -2.22. The van der Waals surface area contributed by atoms with Crippen molar-refractivity contribution in [3.8, 4) is 0 Å². The number of rotatable bonds is 3. The molecular formula is C15H22O2. The molecule has 0 radical (unpaired) electrons. The van der Waals surface area contributed by atoms with Crippen LogP contribution in [0.15, 0.2) is 18.2 Å². The van der Waals surface area contributed by atoms with Gasteiger partial charge in [-0.15, -0.1) is 0 Å². The lowest BCUT2D eigenvalue weighted by molar-refractivity contribution is 0.0305. The van der Waals surface area contributed by atoms with E-state index in [2.05, 4.69) is 39.0 Å². The molecule has 1 heterocycles. The fourth-order valence-corrected chi connectivity index (χ4v) is 2.83. The Morgan fingerprint density at radius 2 is 2.18 bits per heavy atom. The third-order valence-corrected chi connectivity index (χ3v) is 3.81. The maximum atomic E-state index is 10.5. The summed E-state index contributed by atoms with van der Waals surface area (Å²) < 4.78 is 5.66. The third-order valence-electron chi connectivity index (χ3n) is 3.81. The molecular weight excluding hydrogens is 212 g/mol. The lowest BCUT2D eigenvalue weighted by Gasteiger charge is -2.24. The van der Waals surface area contributed by atoms with Crippen LogP contribution in [0.1, 0.15) is 42.6 Å². The number of benzene rings is 1. The molecule has 17 heavy (non-hydrogen) atoms. The topological polar surface area (TPSA) is 29.5 Å². The molecule has 0 saturated carbocycles. The highest BCUT2D eigenvalue weighted by molar-refractivity contribution is 5.32. The van der Waals surface area contributed by atoms with Crippen molar-refractivity contribution in [2.75, 3.05) is 6.61 Å². The molecule has 1 aromatic carbocycles. The predicted octanol–water partition coefficient (Wildman–Crippen LogP) is 3.15. The Morgan fingerprint density at radius 1 is 1.41 bits per heavy atom. The Balaban J connectivity index is 2.21. The zero-order valence-corrected chi connectivity index (χ0v) is 10.9. The van der Waals surface area contributed by atoms with Gasteiger partial charge in [0.1, 0.15) is 0 Å². The van der Waals surface area contributed by atoms with Crippen molar-refractivity contribution in [3.63, 3.8) is 0 Å². The van der Waals surface area contributed by atoms with Crippen LogP contribution in [0.4, 0.5) is 0 Å². The van der Waals surface area contributed by atoms with Crippen LogP contribution in [-0.4, -0.2) is 17.8 Å². The van der Waals surface area contributed by atoms with Gasteiger partial charge >= 0.3 is 0 Å². The van der Waals surface area contributed by atoms with Gasteiger partial charge in [0.2, 0.25) is 0 Å². The maximum Gasteiger partial charge on any atom is 0.0846 e. The number of aryl methyl sites for hydroxylation is 2. The fourth-order valence-electron chi connectivity index (χ4n) is 2.83. The van der Waals surface area contributed by atoms with Gasteiger partial charge in [-0.2, -0.15) is 0 Å². The summed E-state index contributed by atoms with van der Waals surface area (Å²) in [6.45, 7) is 7.06. The lowest BCUT2D eigenvalue weighted by atomic mass is 9.87. The Labute approximate surface area is 104 Å². The molecule has 3 atom stereocenters. The normalized spacial score (nSPS) is 26.1. The van der Waals surface area contributed by atoms with E-state index >= 15 is 0 Å². The highest BCUT2D eigenvalue weighted by Gasteiger charge is 2.33. The summed E-state index contributed by atoms with van der Waals surface area (Å²) in [6.07, 6.45) is 1.77. The summed E-state index contributed by atoms with van der Waals surface area (Å²) in [5.74, 6) is 0.251. The van der Waals surface area contributed by atoms with E-state index < -0.39 is 0 Å². The van der Waals surface area contributed by atoms with Gasteiger partial charge in [0.05, 0.1) is 12.2 Å². The van der Waals surface area contributed by atoms with Crippen molar-refractivity contribution >= 4 is 0 Å². The number of hydrogen-bond donors (Lipinski definition) is 1. The van der Waals surface area contributed by atoms with Crippen LogP contribution in [-0.2, 0) is 4.74 Å². The van der Waals surface area contributed by atoms with Crippen LogP contribution >= 0.6 is 0 Å². The molecule has 0 amide bonds. The second-order valence-electron chi connectivity index (χ2n) is 5.07. The van der Waals surface area contributed by atoms with E-state index in [1.807, 2.05) is 0 Å². The van der Waals surface area contributed by atoms with Crippen LogP contribution in [0.25, 0.3) is 0 Å². The van der Waals surface area contributed by atoms with Crippen molar-refractivity contribution in [2.45, 2.75) is 45.8 Å². The first-order valence-corrected chi connectivity index (χ1v) is 6.50. The summed E-state index contributed by atoms with van der Waals surface area (Å²) >= 11 is 0. The van der Waals surface area contributed by atoms with Crippen molar-refractivity contribution in [3.05, 3.63) is 34.9 Å². The van der Waals surface area contributed by atoms with E-state index in [9.17, 15) is 5.11 Å². The first kappa shape index (κ1) is 12.6. The minimum atomic E-state index is -0.386. The van der Waals surface area contributed by atoms with Gasteiger partial charge in [-0.3, -0.25) is 0 Å². The number of ether oxygens (including phenoxy) is 1. The highest BCUT2D eigenvalue weighted by atomic mass is 16.5. The highest BCUT2D eigenvalue weighted by Crippen LogP contribution is 2.35. The van der Waals surface area contributed by atoms with E-state index in [4.69, 9.17) is 4.74 Å². The van der Waals surface area contributed by atoms with Crippen LogP contribution in [0.2, 0.25) is 0 Å². The largest absolute Gasteiger partial charge is 0.388 e. The molecule has 2 heteroatoms. The van der Waals surface area contributed by atoms with Crippen molar-refractivity contribution in [1.82, 2.24) is 0 Å². The Bertz CT molecular complexity index is 387. The SMILES string of the molecule is CCC1OCCC1C(O)c1ccc(C)cc1C. The quantitative estimate of drug-likeness (QED) is 0.870. The van der Waals surface area contributed by atoms with Gasteiger partial charge in [0.15, 0.2) is 0 Å². The molecule has 0 aromatic heterocycles. The van der Waals surface area contributed by atoms with Gasteiger partial charge < -0.3 is 9.84 Å². The number of aliphatic hydroxyl groups is 1. The molecule has 1 aromatic rings. The third kappa shape index (κ3) is 2.53. The van der Waals surface area contributed by atoms with E-state index in [0.29, 0.717) is 0 Å². The Morgan fingerprint density at radius 3 is 2.82 bits per heavy atom.